The number of carbonyl (C=O) groups excluding carboxylic acids is 1. The minimum atomic E-state index is -0.401. The molecule has 3 aromatic carbocycles. The van der Waals surface area contributed by atoms with Gasteiger partial charge in [0, 0.05) is 0 Å². The van der Waals surface area contributed by atoms with E-state index in [0.717, 1.165) is 35.3 Å². The molecule has 0 spiro atoms. The van der Waals surface area contributed by atoms with Crippen LogP contribution >= 0.6 is 0 Å². The Kier molecular flexibility index (Phi) is 4.39. The van der Waals surface area contributed by atoms with Gasteiger partial charge in [-0.2, -0.15) is 0 Å². The van der Waals surface area contributed by atoms with Gasteiger partial charge in [0.2, 0.25) is 5.91 Å². The Hall–Kier alpha value is -3.40. The van der Waals surface area contributed by atoms with Crippen LogP contribution in [-0.2, 0) is 16.6 Å². The molecule has 0 saturated heterocycles. The molecular weight excluding hydrogens is 358 g/mol. The first kappa shape index (κ1) is 17.7. The molecule has 4 heteroatoms. The molecular formula is C25H23N3O. The van der Waals surface area contributed by atoms with Crippen molar-refractivity contribution in [1.82, 2.24) is 15.3 Å². The summed E-state index contributed by atoms with van der Waals surface area (Å²) in [5.41, 5.74) is 3.77. The molecule has 4 nitrogen and oxygen atoms in total. The van der Waals surface area contributed by atoms with E-state index in [0.29, 0.717) is 6.42 Å². The van der Waals surface area contributed by atoms with Crippen LogP contribution in [0.4, 0.5) is 0 Å². The minimum absolute atomic E-state index is 0.0880. The summed E-state index contributed by atoms with van der Waals surface area (Å²) in [6, 6.07) is 28.1. The number of rotatable bonds is 6. The summed E-state index contributed by atoms with van der Waals surface area (Å²) in [4.78, 5) is 21.5. The molecule has 1 aliphatic carbocycles. The van der Waals surface area contributed by atoms with Crippen molar-refractivity contribution in [2.75, 3.05) is 0 Å². The lowest BCUT2D eigenvalue weighted by Crippen LogP contribution is -2.38. The molecule has 1 fully saturated rings. The molecule has 29 heavy (non-hydrogen) atoms. The van der Waals surface area contributed by atoms with Crippen molar-refractivity contribution in [3.05, 3.63) is 102 Å². The molecule has 0 radical (unpaired) electrons. The number of carbonyl (C=O) groups is 1. The Morgan fingerprint density at radius 1 is 0.931 bits per heavy atom. The lowest BCUT2D eigenvalue weighted by Gasteiger charge is -2.22. The van der Waals surface area contributed by atoms with E-state index >= 15 is 0 Å². The van der Waals surface area contributed by atoms with Crippen molar-refractivity contribution >= 4 is 16.9 Å². The molecule has 1 heterocycles. The number of nitrogens with zero attached hydrogens (tertiary/aromatic N) is 1. The van der Waals surface area contributed by atoms with Gasteiger partial charge in [0.05, 0.1) is 22.5 Å². The van der Waals surface area contributed by atoms with Crippen LogP contribution in [0, 0.1) is 0 Å². The number of nitrogens with one attached hydrogen (secondary N) is 2. The van der Waals surface area contributed by atoms with Gasteiger partial charge >= 0.3 is 0 Å². The van der Waals surface area contributed by atoms with Gasteiger partial charge in [0.1, 0.15) is 5.82 Å². The number of hydrogen-bond donors (Lipinski definition) is 2. The van der Waals surface area contributed by atoms with Crippen LogP contribution in [0.5, 0.6) is 0 Å². The Balaban J connectivity index is 1.46. The zero-order chi connectivity index (χ0) is 19.7. The summed E-state index contributed by atoms with van der Waals surface area (Å²) in [6.45, 7) is 0. The number of benzene rings is 3. The van der Waals surface area contributed by atoms with Gasteiger partial charge < -0.3 is 10.3 Å². The number of fused-ring (bicyclic) bond motifs is 1. The van der Waals surface area contributed by atoms with Crippen molar-refractivity contribution in [2.45, 2.75) is 30.7 Å². The summed E-state index contributed by atoms with van der Waals surface area (Å²) < 4.78 is 0. The van der Waals surface area contributed by atoms with E-state index in [-0.39, 0.29) is 11.9 Å². The Bertz CT molecular complexity index is 1100. The Morgan fingerprint density at radius 2 is 1.59 bits per heavy atom. The fourth-order valence-electron chi connectivity index (χ4n) is 4.03. The maximum Gasteiger partial charge on any atom is 0.231 e. The van der Waals surface area contributed by atoms with E-state index in [1.54, 1.807) is 0 Å². The van der Waals surface area contributed by atoms with Crippen LogP contribution in [0.1, 0.15) is 35.8 Å². The third-order valence-electron chi connectivity index (χ3n) is 5.84. The van der Waals surface area contributed by atoms with E-state index in [1.807, 2.05) is 60.7 Å². The highest BCUT2D eigenvalue weighted by molar-refractivity contribution is 5.91. The second kappa shape index (κ2) is 7.21. The molecule has 1 amide bonds. The SMILES string of the molecule is O=C(N[C@H](Cc1ccccc1)c1nc2ccccc2[nH]1)C1(c2ccccc2)CC1. The molecule has 0 bridgehead atoms. The van der Waals surface area contributed by atoms with Crippen LogP contribution in [0.15, 0.2) is 84.9 Å². The molecule has 144 valence electrons. The number of H-pyrrole nitrogens is 1. The van der Waals surface area contributed by atoms with Gasteiger partial charge in [-0.25, -0.2) is 4.98 Å². The van der Waals surface area contributed by atoms with Gasteiger partial charge in [-0.05, 0) is 42.5 Å². The second-order valence-corrected chi connectivity index (χ2v) is 7.80. The molecule has 1 aromatic heterocycles. The number of imidazole rings is 1. The fraction of sp³-hybridized carbons (Fsp3) is 0.200. The molecule has 2 N–H and O–H groups in total. The Morgan fingerprint density at radius 3 is 2.28 bits per heavy atom. The molecule has 0 aliphatic heterocycles. The van der Waals surface area contributed by atoms with Gasteiger partial charge in [0.25, 0.3) is 0 Å². The number of amides is 1. The van der Waals surface area contributed by atoms with E-state index in [4.69, 9.17) is 4.98 Å². The van der Waals surface area contributed by atoms with Crippen molar-refractivity contribution in [1.29, 1.82) is 0 Å². The lowest BCUT2D eigenvalue weighted by atomic mass is 9.94. The summed E-state index contributed by atoms with van der Waals surface area (Å²) >= 11 is 0. The molecule has 0 unspecified atom stereocenters. The average molecular weight is 381 g/mol. The maximum atomic E-state index is 13.4. The number of aromatic amines is 1. The van der Waals surface area contributed by atoms with E-state index < -0.39 is 5.41 Å². The van der Waals surface area contributed by atoms with Gasteiger partial charge in [0.15, 0.2) is 0 Å². The highest BCUT2D eigenvalue weighted by atomic mass is 16.2. The number of hydrogen-bond acceptors (Lipinski definition) is 2. The van der Waals surface area contributed by atoms with E-state index in [1.165, 1.54) is 5.56 Å². The summed E-state index contributed by atoms with van der Waals surface area (Å²) in [7, 11) is 0. The van der Waals surface area contributed by atoms with Crippen molar-refractivity contribution in [3.63, 3.8) is 0 Å². The van der Waals surface area contributed by atoms with Crippen LogP contribution in [-0.4, -0.2) is 15.9 Å². The third-order valence-corrected chi connectivity index (χ3v) is 5.84. The van der Waals surface area contributed by atoms with Gasteiger partial charge in [-0.1, -0.05) is 72.8 Å². The second-order valence-electron chi connectivity index (χ2n) is 7.80. The highest BCUT2D eigenvalue weighted by Gasteiger charge is 2.51. The summed E-state index contributed by atoms with van der Waals surface area (Å²) in [5, 5.41) is 3.31. The van der Waals surface area contributed by atoms with Crippen molar-refractivity contribution in [2.24, 2.45) is 0 Å². The van der Waals surface area contributed by atoms with Crippen LogP contribution in [0.3, 0.4) is 0 Å². The Labute approximate surface area is 170 Å². The molecule has 1 aliphatic rings. The van der Waals surface area contributed by atoms with E-state index in [9.17, 15) is 4.79 Å². The summed E-state index contributed by atoms with van der Waals surface area (Å²) in [6.07, 6.45) is 2.47. The first-order valence-corrected chi connectivity index (χ1v) is 10.1. The summed E-state index contributed by atoms with van der Waals surface area (Å²) in [5.74, 6) is 0.886. The first-order chi connectivity index (χ1) is 14.2. The van der Waals surface area contributed by atoms with Crippen LogP contribution in [0.2, 0.25) is 0 Å². The predicted molar refractivity (Wildman–Crippen MR) is 114 cm³/mol. The topological polar surface area (TPSA) is 57.8 Å². The standard InChI is InChI=1S/C25H23N3O/c29-24(25(15-16-25)19-11-5-2-6-12-19)28-22(17-18-9-3-1-4-10-18)23-26-20-13-7-8-14-21(20)27-23/h1-14,22H,15-17H2,(H,26,27)(H,28,29)/t22-/m1/s1. The quantitative estimate of drug-likeness (QED) is 0.509. The zero-order valence-electron chi connectivity index (χ0n) is 16.1. The largest absolute Gasteiger partial charge is 0.345 e. The first-order valence-electron chi connectivity index (χ1n) is 10.1. The van der Waals surface area contributed by atoms with Crippen LogP contribution < -0.4 is 5.32 Å². The zero-order valence-corrected chi connectivity index (χ0v) is 16.1. The molecule has 1 saturated carbocycles. The monoisotopic (exact) mass is 381 g/mol. The minimum Gasteiger partial charge on any atom is -0.345 e. The number of para-hydroxylation sites is 2. The van der Waals surface area contributed by atoms with Crippen molar-refractivity contribution in [3.8, 4) is 0 Å². The predicted octanol–water partition coefficient (Wildman–Crippen LogP) is 4.69. The van der Waals surface area contributed by atoms with E-state index in [2.05, 4.69) is 34.6 Å². The average Bonchev–Trinajstić information content (AvgIpc) is 3.47. The number of aromatic nitrogens is 2. The van der Waals surface area contributed by atoms with Gasteiger partial charge in [-0.15, -0.1) is 0 Å². The third kappa shape index (κ3) is 3.42. The van der Waals surface area contributed by atoms with Gasteiger partial charge in [-0.3, -0.25) is 4.79 Å². The van der Waals surface area contributed by atoms with Crippen molar-refractivity contribution < 1.29 is 4.79 Å². The molecule has 4 aromatic rings. The molecule has 1 atom stereocenters. The fourth-order valence-corrected chi connectivity index (χ4v) is 4.03. The normalized spacial score (nSPS) is 15.7. The van der Waals surface area contributed by atoms with Crippen LogP contribution in [0.25, 0.3) is 11.0 Å². The maximum absolute atomic E-state index is 13.4. The smallest absolute Gasteiger partial charge is 0.231 e. The lowest BCUT2D eigenvalue weighted by molar-refractivity contribution is -0.124. The molecule has 5 rings (SSSR count). The highest BCUT2D eigenvalue weighted by Crippen LogP contribution is 2.48.